The Hall–Kier alpha value is 1.17. The molecule has 3 nitrogen and oxygen atoms in total. The topological polar surface area (TPSA) is 35.5 Å². The van der Waals surface area contributed by atoms with Crippen LogP contribution in [0.3, 0.4) is 0 Å². The summed E-state index contributed by atoms with van der Waals surface area (Å²) in [5.41, 5.74) is 0. The Morgan fingerprint density at radius 2 is 1.18 bits per heavy atom. The van der Waals surface area contributed by atoms with E-state index in [4.69, 9.17) is 36.9 Å². The van der Waals surface area contributed by atoms with Crippen LogP contribution < -0.4 is 0 Å². The SMILES string of the molecule is CC(C)CC[O][V](=[O])([Cl])([Cl])([Cl])[O]CCC(C)C. The van der Waals surface area contributed by atoms with Gasteiger partial charge in [0.2, 0.25) is 0 Å². The van der Waals surface area contributed by atoms with Crippen molar-refractivity contribution in [3.63, 3.8) is 0 Å². The van der Waals surface area contributed by atoms with Crippen LogP contribution in [-0.2, 0) is 20.5 Å². The molecule has 0 N–H and O–H groups in total. The van der Waals surface area contributed by atoms with Gasteiger partial charge in [-0.2, -0.15) is 0 Å². The van der Waals surface area contributed by atoms with Gasteiger partial charge >= 0.3 is 116 Å². The molecule has 0 aliphatic rings. The van der Waals surface area contributed by atoms with Crippen molar-refractivity contribution < 1.29 is 20.5 Å². The summed E-state index contributed by atoms with van der Waals surface area (Å²) in [6, 6.07) is 0. The maximum absolute atomic E-state index is 12.2. The fourth-order valence-corrected chi connectivity index (χ4v) is 4.24. The molecule has 0 radical (unpaired) electrons. The molecular formula is C10H22Cl3O3V. The van der Waals surface area contributed by atoms with Crippen LogP contribution in [0.4, 0.5) is 0 Å². The van der Waals surface area contributed by atoms with Crippen molar-refractivity contribution in [1.82, 2.24) is 0 Å². The van der Waals surface area contributed by atoms with Crippen LogP contribution in [0.1, 0.15) is 40.5 Å². The van der Waals surface area contributed by atoms with Crippen LogP contribution >= 0.6 is 29.5 Å². The monoisotopic (exact) mass is 346 g/mol. The summed E-state index contributed by atoms with van der Waals surface area (Å²) >= 11 is 0. The van der Waals surface area contributed by atoms with E-state index in [9.17, 15) is 3.67 Å². The molecule has 0 saturated heterocycles. The summed E-state index contributed by atoms with van der Waals surface area (Å²) in [7, 11) is 10.9. The van der Waals surface area contributed by atoms with Crippen molar-refractivity contribution in [1.29, 1.82) is 0 Å². The van der Waals surface area contributed by atoms with E-state index in [0.717, 1.165) is 0 Å². The van der Waals surface area contributed by atoms with Gasteiger partial charge in [-0.25, -0.2) is 0 Å². The third-order valence-electron chi connectivity index (χ3n) is 2.08. The van der Waals surface area contributed by atoms with Crippen molar-refractivity contribution >= 4 is 29.5 Å². The molecule has 0 fully saturated rings. The van der Waals surface area contributed by atoms with E-state index < -0.39 is 9.53 Å². The van der Waals surface area contributed by atoms with Gasteiger partial charge in [-0.15, -0.1) is 0 Å². The molecule has 0 heterocycles. The summed E-state index contributed by atoms with van der Waals surface area (Å²) in [5.74, 6) is 0.749. The zero-order valence-corrected chi connectivity index (χ0v) is 14.5. The van der Waals surface area contributed by atoms with Gasteiger partial charge in [-0.05, 0) is 0 Å². The van der Waals surface area contributed by atoms with E-state index in [1.165, 1.54) is 0 Å². The molecule has 0 aromatic carbocycles. The molecule has 17 heavy (non-hydrogen) atoms. The van der Waals surface area contributed by atoms with E-state index in [1.807, 2.05) is 27.7 Å². The maximum atomic E-state index is 12.2. The fourth-order valence-electron chi connectivity index (χ4n) is 0.970. The van der Waals surface area contributed by atoms with Gasteiger partial charge in [0.05, 0.1) is 0 Å². The minimum absolute atomic E-state index is 0.110. The molecule has 0 unspecified atom stereocenters. The van der Waals surface area contributed by atoms with Crippen LogP contribution in [0.5, 0.6) is 0 Å². The van der Waals surface area contributed by atoms with E-state index in [-0.39, 0.29) is 13.2 Å². The number of hydrogen-bond acceptors (Lipinski definition) is 3. The average Bonchev–Trinajstić information content (AvgIpc) is 1.98. The van der Waals surface area contributed by atoms with Crippen molar-refractivity contribution in [2.75, 3.05) is 13.2 Å². The molecule has 0 spiro atoms. The summed E-state index contributed by atoms with van der Waals surface area (Å²) in [6.07, 6.45) is 1.31. The first-order valence-corrected chi connectivity index (χ1v) is 13.2. The second-order valence-corrected chi connectivity index (χ2v) is 20.6. The normalized spacial score (nSPS) is 17.2. The third-order valence-corrected chi connectivity index (χ3v) is 6.63. The van der Waals surface area contributed by atoms with Crippen LogP contribution in [0.2, 0.25) is 0 Å². The van der Waals surface area contributed by atoms with Crippen LogP contribution in [0, 0.1) is 11.8 Å². The third kappa shape index (κ3) is 10.8. The molecule has 0 aliphatic heterocycles. The van der Waals surface area contributed by atoms with Crippen LogP contribution in [0.15, 0.2) is 0 Å². The van der Waals surface area contributed by atoms with Gasteiger partial charge in [-0.1, -0.05) is 0 Å². The second kappa shape index (κ2) is 5.66. The summed E-state index contributed by atoms with van der Waals surface area (Å²) < 4.78 is 22.2. The number of hydrogen-bond donors (Lipinski definition) is 0. The van der Waals surface area contributed by atoms with E-state index in [1.54, 1.807) is 0 Å². The zero-order valence-electron chi connectivity index (χ0n) is 10.8. The van der Waals surface area contributed by atoms with E-state index in [0.29, 0.717) is 24.7 Å². The Balaban J connectivity index is 4.37. The average molecular weight is 348 g/mol. The van der Waals surface area contributed by atoms with Crippen molar-refractivity contribution in [3.8, 4) is 0 Å². The Morgan fingerprint density at radius 3 is 1.41 bits per heavy atom. The van der Waals surface area contributed by atoms with E-state index >= 15 is 0 Å². The van der Waals surface area contributed by atoms with E-state index in [2.05, 4.69) is 0 Å². The first-order valence-electron chi connectivity index (χ1n) is 5.76. The second-order valence-electron chi connectivity index (χ2n) is 5.07. The summed E-state index contributed by atoms with van der Waals surface area (Å²) in [6.45, 7) is 8.21. The van der Waals surface area contributed by atoms with Gasteiger partial charge in [0.15, 0.2) is 0 Å². The molecule has 0 aromatic rings. The summed E-state index contributed by atoms with van der Waals surface area (Å²) in [4.78, 5) is 0. The Kier molecular flexibility index (Phi) is 6.05. The van der Waals surface area contributed by atoms with Gasteiger partial charge in [0.1, 0.15) is 0 Å². The molecule has 106 valence electrons. The fraction of sp³-hybridized carbons (Fsp3) is 1.00. The predicted molar refractivity (Wildman–Crippen MR) is 69.1 cm³/mol. The van der Waals surface area contributed by atoms with Gasteiger partial charge in [0.25, 0.3) is 0 Å². The first-order chi connectivity index (χ1) is 7.34. The molecular weight excluding hydrogens is 325 g/mol. The Labute approximate surface area is 115 Å². The molecule has 0 atom stereocenters. The van der Waals surface area contributed by atoms with Gasteiger partial charge in [0, 0.05) is 0 Å². The number of halogens is 3. The molecule has 0 aliphatic carbocycles. The standard InChI is InChI=1S/2C5H11O.3ClH.O.V/c2*1-5(2)3-4-6;;;;;/h2*5H,3-4H2,1-2H3;3*1H;;/q2*-1;;;;;+5/p-3. The van der Waals surface area contributed by atoms with Crippen molar-refractivity contribution in [2.45, 2.75) is 40.5 Å². The molecule has 0 rings (SSSR count). The van der Waals surface area contributed by atoms with Crippen LogP contribution in [0.25, 0.3) is 0 Å². The molecule has 7 heteroatoms. The van der Waals surface area contributed by atoms with Crippen LogP contribution in [-0.4, -0.2) is 13.2 Å². The number of rotatable bonds is 8. The predicted octanol–water partition coefficient (Wildman–Crippen LogP) is 4.97. The van der Waals surface area contributed by atoms with Gasteiger partial charge < -0.3 is 0 Å². The van der Waals surface area contributed by atoms with Crippen molar-refractivity contribution in [2.24, 2.45) is 11.8 Å². The molecule has 0 amide bonds. The first kappa shape index (κ1) is 18.2. The summed E-state index contributed by atoms with van der Waals surface area (Å²) in [5, 5.41) is 0. The van der Waals surface area contributed by atoms with Crippen molar-refractivity contribution in [3.05, 3.63) is 0 Å². The molecule has 0 saturated carbocycles. The molecule has 0 aromatic heterocycles. The Bertz CT molecular complexity index is 300. The quantitative estimate of drug-likeness (QED) is 0.621. The zero-order chi connectivity index (χ0) is 13.8. The Morgan fingerprint density at radius 1 is 0.882 bits per heavy atom. The minimum atomic E-state index is -6.29. The van der Waals surface area contributed by atoms with Gasteiger partial charge in [-0.3, -0.25) is 0 Å². The molecule has 0 bridgehead atoms.